The van der Waals surface area contributed by atoms with E-state index in [4.69, 9.17) is 28.4 Å². The summed E-state index contributed by atoms with van der Waals surface area (Å²) in [6.45, 7) is 0.984. The van der Waals surface area contributed by atoms with Crippen LogP contribution in [0.3, 0.4) is 0 Å². The Morgan fingerprint density at radius 2 is 0.861 bits per heavy atom. The number of likely N-dealkylation sites (N-methyl/N-ethyl adjacent to an activating group) is 2. The first-order valence-electron chi connectivity index (χ1n) is 11.6. The number of carbonyl (C=O) groups is 1. The molecule has 2 unspecified atom stereocenters. The number of carbonyl (C=O) groups excluding carboxylic acids is 1. The van der Waals surface area contributed by atoms with E-state index in [2.05, 4.69) is 0 Å². The molecule has 0 amide bonds. The van der Waals surface area contributed by atoms with E-state index in [1.165, 1.54) is 0 Å². The van der Waals surface area contributed by atoms with Gasteiger partial charge >= 0.3 is 0 Å². The van der Waals surface area contributed by atoms with Gasteiger partial charge in [-0.3, -0.25) is 4.79 Å². The van der Waals surface area contributed by atoms with Gasteiger partial charge in [-0.05, 0) is 63.6 Å². The topological polar surface area (TPSA) is 78.9 Å². The van der Waals surface area contributed by atoms with Crippen LogP contribution in [0.5, 0.6) is 34.5 Å². The molecular formula is C27H40N2O7. The van der Waals surface area contributed by atoms with Gasteiger partial charge in [0.05, 0.1) is 54.5 Å². The highest BCUT2D eigenvalue weighted by molar-refractivity contribution is 5.93. The summed E-state index contributed by atoms with van der Waals surface area (Å²) in [5.74, 6) is 2.06. The summed E-state index contributed by atoms with van der Waals surface area (Å²) >= 11 is 0. The highest BCUT2D eigenvalue weighted by atomic mass is 16.5. The predicted molar refractivity (Wildman–Crippen MR) is 140 cm³/mol. The number of methoxy groups -OCH3 is 6. The van der Waals surface area contributed by atoms with Crippen molar-refractivity contribution in [3.8, 4) is 34.5 Å². The fourth-order valence-corrected chi connectivity index (χ4v) is 4.30. The molecule has 9 heteroatoms. The SMILES string of the molecule is COc1cc(C(CN(C)C)C(=O)C(CN(C)C)c2cc(OC)c(OC)c(OC)c2)cc(OC)c1OC. The van der Waals surface area contributed by atoms with Crippen molar-refractivity contribution in [3.63, 3.8) is 0 Å². The summed E-state index contributed by atoms with van der Waals surface area (Å²) in [7, 11) is 17.1. The van der Waals surface area contributed by atoms with Crippen LogP contribution in [0.1, 0.15) is 23.0 Å². The van der Waals surface area contributed by atoms with E-state index in [0.717, 1.165) is 11.1 Å². The van der Waals surface area contributed by atoms with Crippen molar-refractivity contribution in [2.24, 2.45) is 0 Å². The molecule has 200 valence electrons. The second-order valence-electron chi connectivity index (χ2n) is 8.95. The van der Waals surface area contributed by atoms with E-state index < -0.39 is 11.8 Å². The Balaban J connectivity index is 2.71. The van der Waals surface area contributed by atoms with Crippen molar-refractivity contribution in [2.45, 2.75) is 11.8 Å². The van der Waals surface area contributed by atoms with Crippen LogP contribution < -0.4 is 28.4 Å². The zero-order valence-electron chi connectivity index (χ0n) is 23.1. The van der Waals surface area contributed by atoms with Gasteiger partial charge in [-0.15, -0.1) is 0 Å². The van der Waals surface area contributed by atoms with Crippen molar-refractivity contribution in [2.75, 3.05) is 83.9 Å². The average Bonchev–Trinajstić information content (AvgIpc) is 2.87. The van der Waals surface area contributed by atoms with Gasteiger partial charge in [-0.25, -0.2) is 0 Å². The maximum Gasteiger partial charge on any atom is 0.203 e. The maximum absolute atomic E-state index is 14.3. The second kappa shape index (κ2) is 13.2. The van der Waals surface area contributed by atoms with Crippen molar-refractivity contribution >= 4 is 5.78 Å². The number of ketones is 1. The van der Waals surface area contributed by atoms with Gasteiger partial charge in [0, 0.05) is 13.1 Å². The number of hydrogen-bond acceptors (Lipinski definition) is 9. The molecule has 0 aliphatic rings. The quantitative estimate of drug-likeness (QED) is 0.385. The third-order valence-corrected chi connectivity index (χ3v) is 5.96. The molecular weight excluding hydrogens is 464 g/mol. The highest BCUT2D eigenvalue weighted by Crippen LogP contribution is 2.43. The summed E-state index contributed by atoms with van der Waals surface area (Å²) in [4.78, 5) is 18.3. The number of Topliss-reactive ketones (excluding diaryl/α,β-unsaturated/α-hetero) is 1. The van der Waals surface area contributed by atoms with E-state index in [9.17, 15) is 4.79 Å². The Morgan fingerprint density at radius 1 is 0.583 bits per heavy atom. The fraction of sp³-hybridized carbons (Fsp3) is 0.519. The Morgan fingerprint density at radius 3 is 1.06 bits per heavy atom. The molecule has 36 heavy (non-hydrogen) atoms. The summed E-state index contributed by atoms with van der Waals surface area (Å²) in [5, 5.41) is 0. The summed E-state index contributed by atoms with van der Waals surface area (Å²) < 4.78 is 33.2. The molecule has 0 aliphatic carbocycles. The van der Waals surface area contributed by atoms with Gasteiger partial charge in [0.2, 0.25) is 11.5 Å². The summed E-state index contributed by atoms with van der Waals surface area (Å²) in [6.07, 6.45) is 0. The van der Waals surface area contributed by atoms with Gasteiger partial charge in [0.1, 0.15) is 5.78 Å². The molecule has 2 rings (SSSR count). The first-order valence-corrected chi connectivity index (χ1v) is 11.6. The molecule has 0 spiro atoms. The molecule has 0 aliphatic heterocycles. The molecule has 0 radical (unpaired) electrons. The first kappa shape index (κ1) is 29.1. The Kier molecular flexibility index (Phi) is 10.7. The molecule has 9 nitrogen and oxygen atoms in total. The standard InChI is InChI=1S/C27H40N2O7/c1-28(2)15-19(17-11-21(31-5)26(35-9)22(12-17)32-6)25(30)20(16-29(3)4)18-13-23(33-7)27(36-10)24(14-18)34-8/h11-14,19-20H,15-16H2,1-10H3. The zero-order valence-corrected chi connectivity index (χ0v) is 23.1. The largest absolute Gasteiger partial charge is 0.493 e. The lowest BCUT2D eigenvalue weighted by molar-refractivity contribution is -0.122. The smallest absolute Gasteiger partial charge is 0.203 e. The van der Waals surface area contributed by atoms with Crippen LogP contribution in [-0.4, -0.2) is 99.5 Å². The zero-order chi connectivity index (χ0) is 27.0. The van der Waals surface area contributed by atoms with Crippen molar-refractivity contribution in [1.29, 1.82) is 0 Å². The lowest BCUT2D eigenvalue weighted by Gasteiger charge is -2.29. The van der Waals surface area contributed by atoms with Crippen LogP contribution in [-0.2, 0) is 4.79 Å². The van der Waals surface area contributed by atoms with E-state index in [-0.39, 0.29) is 5.78 Å². The first-order chi connectivity index (χ1) is 17.1. The van der Waals surface area contributed by atoms with Gasteiger partial charge in [0.25, 0.3) is 0 Å². The van der Waals surface area contributed by atoms with Crippen LogP contribution in [0.4, 0.5) is 0 Å². The third kappa shape index (κ3) is 6.53. The minimum Gasteiger partial charge on any atom is -0.493 e. The van der Waals surface area contributed by atoms with Crippen LogP contribution in [0.25, 0.3) is 0 Å². The minimum atomic E-state index is -0.474. The average molecular weight is 505 g/mol. The molecule has 0 saturated heterocycles. The molecule has 0 heterocycles. The van der Waals surface area contributed by atoms with Gasteiger partial charge in [-0.1, -0.05) is 0 Å². The lowest BCUT2D eigenvalue weighted by atomic mass is 9.82. The molecule has 0 saturated carbocycles. The number of benzene rings is 2. The molecule has 0 fully saturated rings. The van der Waals surface area contributed by atoms with E-state index in [1.54, 1.807) is 42.7 Å². The molecule has 2 atom stereocenters. The molecule has 0 N–H and O–H groups in total. The number of rotatable bonds is 14. The van der Waals surface area contributed by atoms with Crippen molar-refractivity contribution in [1.82, 2.24) is 9.80 Å². The minimum absolute atomic E-state index is 0.0425. The highest BCUT2D eigenvalue weighted by Gasteiger charge is 2.33. The molecule has 0 aromatic heterocycles. The summed E-state index contributed by atoms with van der Waals surface area (Å²) in [5.41, 5.74) is 1.55. The van der Waals surface area contributed by atoms with Crippen LogP contribution in [0.15, 0.2) is 24.3 Å². The Bertz CT molecular complexity index is 894. The number of ether oxygens (including phenoxy) is 6. The fourth-order valence-electron chi connectivity index (χ4n) is 4.30. The van der Waals surface area contributed by atoms with Crippen LogP contribution in [0, 0.1) is 0 Å². The normalized spacial score (nSPS) is 12.8. The second-order valence-corrected chi connectivity index (χ2v) is 8.95. The van der Waals surface area contributed by atoms with E-state index >= 15 is 0 Å². The molecule has 2 aromatic rings. The van der Waals surface area contributed by atoms with Crippen LogP contribution >= 0.6 is 0 Å². The Labute approximate surface area is 214 Å². The van der Waals surface area contributed by atoms with Crippen molar-refractivity contribution in [3.05, 3.63) is 35.4 Å². The summed E-state index contributed by atoms with van der Waals surface area (Å²) in [6, 6.07) is 7.37. The maximum atomic E-state index is 14.3. The van der Waals surface area contributed by atoms with E-state index in [1.807, 2.05) is 62.3 Å². The number of hydrogen-bond donors (Lipinski definition) is 0. The van der Waals surface area contributed by atoms with Crippen molar-refractivity contribution < 1.29 is 33.2 Å². The van der Waals surface area contributed by atoms with Gasteiger partial charge < -0.3 is 38.2 Å². The predicted octanol–water partition coefficient (Wildman–Crippen LogP) is 3.30. The molecule has 2 aromatic carbocycles. The van der Waals surface area contributed by atoms with Gasteiger partial charge in [-0.2, -0.15) is 0 Å². The monoisotopic (exact) mass is 504 g/mol. The van der Waals surface area contributed by atoms with Gasteiger partial charge in [0.15, 0.2) is 23.0 Å². The Hall–Kier alpha value is -3.17. The molecule has 0 bridgehead atoms. The van der Waals surface area contributed by atoms with Crippen LogP contribution in [0.2, 0.25) is 0 Å². The lowest BCUT2D eigenvalue weighted by Crippen LogP contribution is -2.34. The van der Waals surface area contributed by atoms with E-state index in [0.29, 0.717) is 47.6 Å². The third-order valence-electron chi connectivity index (χ3n) is 5.96. The number of nitrogens with zero attached hydrogens (tertiary/aromatic N) is 2.